The summed E-state index contributed by atoms with van der Waals surface area (Å²) in [7, 11) is 0. The van der Waals surface area contributed by atoms with Crippen molar-refractivity contribution in [3.05, 3.63) is 59.7 Å². The standard InChI is InChI=1S/C21H21F2N3O4/c22-21(23)30-17-6-2-1-5-16(17)20(29)26-11-3-4-14(12-26)19(28)25-15-9-7-13(8-10-15)18(24)27/h1-2,5-10,14,21H,3-4,11-12H2,(H2,24,27)(H,25,28). The van der Waals surface area contributed by atoms with E-state index < -0.39 is 24.3 Å². The Morgan fingerprint density at radius 2 is 1.80 bits per heavy atom. The minimum atomic E-state index is -3.04. The third kappa shape index (κ3) is 5.11. The number of benzene rings is 2. The molecule has 1 atom stereocenters. The predicted molar refractivity (Wildman–Crippen MR) is 105 cm³/mol. The van der Waals surface area contributed by atoms with Gasteiger partial charge in [-0.3, -0.25) is 14.4 Å². The van der Waals surface area contributed by atoms with Crippen molar-refractivity contribution in [1.29, 1.82) is 0 Å². The maximum absolute atomic E-state index is 12.9. The first-order valence-corrected chi connectivity index (χ1v) is 9.39. The number of amides is 3. The van der Waals surface area contributed by atoms with Gasteiger partial charge in [0.1, 0.15) is 5.75 Å². The number of nitrogens with zero attached hydrogens (tertiary/aromatic N) is 1. The monoisotopic (exact) mass is 417 g/mol. The van der Waals surface area contributed by atoms with Gasteiger partial charge in [-0.25, -0.2) is 0 Å². The number of likely N-dealkylation sites (tertiary alicyclic amines) is 1. The summed E-state index contributed by atoms with van der Waals surface area (Å²) in [6.07, 6.45) is 1.19. The summed E-state index contributed by atoms with van der Waals surface area (Å²) in [5.41, 5.74) is 6.05. The molecule has 3 N–H and O–H groups in total. The van der Waals surface area contributed by atoms with Gasteiger partial charge < -0.3 is 20.7 Å². The van der Waals surface area contributed by atoms with Crippen LogP contribution in [0.1, 0.15) is 33.6 Å². The average Bonchev–Trinajstić information content (AvgIpc) is 2.73. The molecule has 0 radical (unpaired) electrons. The number of carbonyl (C=O) groups excluding carboxylic acids is 3. The number of rotatable bonds is 6. The molecule has 0 aliphatic carbocycles. The molecule has 0 aromatic heterocycles. The van der Waals surface area contributed by atoms with Crippen molar-refractivity contribution in [2.24, 2.45) is 11.7 Å². The molecule has 1 fully saturated rings. The number of nitrogens with two attached hydrogens (primary N) is 1. The first-order chi connectivity index (χ1) is 14.3. The van der Waals surface area contributed by atoms with E-state index >= 15 is 0 Å². The first-order valence-electron chi connectivity index (χ1n) is 9.39. The zero-order valence-electron chi connectivity index (χ0n) is 16.0. The Balaban J connectivity index is 1.67. The van der Waals surface area contributed by atoms with Gasteiger partial charge in [0.15, 0.2) is 0 Å². The zero-order valence-corrected chi connectivity index (χ0v) is 16.0. The molecule has 0 spiro atoms. The van der Waals surface area contributed by atoms with Crippen LogP contribution in [0.4, 0.5) is 14.5 Å². The molecule has 3 amide bonds. The molecular formula is C21H21F2N3O4. The smallest absolute Gasteiger partial charge is 0.387 e. The molecule has 1 unspecified atom stereocenters. The Morgan fingerprint density at radius 3 is 2.47 bits per heavy atom. The van der Waals surface area contributed by atoms with Crippen LogP contribution in [0, 0.1) is 5.92 Å². The molecule has 2 aromatic carbocycles. The second kappa shape index (κ2) is 9.34. The molecule has 0 saturated carbocycles. The Kier molecular flexibility index (Phi) is 6.61. The lowest BCUT2D eigenvalue weighted by molar-refractivity contribution is -0.121. The quantitative estimate of drug-likeness (QED) is 0.755. The number of para-hydroxylation sites is 1. The van der Waals surface area contributed by atoms with Gasteiger partial charge in [0.25, 0.3) is 5.91 Å². The van der Waals surface area contributed by atoms with Crippen molar-refractivity contribution in [3.63, 3.8) is 0 Å². The third-order valence-electron chi connectivity index (χ3n) is 4.85. The molecule has 1 heterocycles. The van der Waals surface area contributed by atoms with Gasteiger partial charge in [-0.15, -0.1) is 0 Å². The van der Waals surface area contributed by atoms with Crippen LogP contribution in [-0.4, -0.2) is 42.3 Å². The third-order valence-corrected chi connectivity index (χ3v) is 4.85. The van der Waals surface area contributed by atoms with E-state index in [9.17, 15) is 23.2 Å². The number of nitrogens with one attached hydrogen (secondary N) is 1. The second-order valence-corrected chi connectivity index (χ2v) is 6.90. The fourth-order valence-corrected chi connectivity index (χ4v) is 3.35. The van der Waals surface area contributed by atoms with Crippen LogP contribution in [0.15, 0.2) is 48.5 Å². The summed E-state index contributed by atoms with van der Waals surface area (Å²) in [6.45, 7) is -2.47. The molecule has 1 aliphatic rings. The molecule has 1 aliphatic heterocycles. The van der Waals surface area contributed by atoms with Crippen LogP contribution < -0.4 is 15.8 Å². The first kappa shape index (κ1) is 21.2. The molecule has 2 aromatic rings. The molecule has 9 heteroatoms. The van der Waals surface area contributed by atoms with Gasteiger partial charge in [-0.1, -0.05) is 12.1 Å². The summed E-state index contributed by atoms with van der Waals surface area (Å²) >= 11 is 0. The van der Waals surface area contributed by atoms with Crippen LogP contribution in [0.5, 0.6) is 5.75 Å². The number of piperidine rings is 1. The van der Waals surface area contributed by atoms with Gasteiger partial charge in [-0.05, 0) is 49.2 Å². The van der Waals surface area contributed by atoms with Gasteiger partial charge in [-0.2, -0.15) is 8.78 Å². The highest BCUT2D eigenvalue weighted by molar-refractivity contribution is 5.98. The number of anilines is 1. The van der Waals surface area contributed by atoms with Gasteiger partial charge in [0.2, 0.25) is 11.8 Å². The molecular weight excluding hydrogens is 396 g/mol. The van der Waals surface area contributed by atoms with E-state index in [1.807, 2.05) is 0 Å². The van der Waals surface area contributed by atoms with Gasteiger partial charge in [0, 0.05) is 24.3 Å². The van der Waals surface area contributed by atoms with Crippen molar-refractivity contribution in [3.8, 4) is 5.75 Å². The van der Waals surface area contributed by atoms with Gasteiger partial charge >= 0.3 is 6.61 Å². The van der Waals surface area contributed by atoms with Gasteiger partial charge in [0.05, 0.1) is 11.5 Å². The van der Waals surface area contributed by atoms with E-state index in [1.165, 1.54) is 35.2 Å². The topological polar surface area (TPSA) is 102 Å². The minimum Gasteiger partial charge on any atom is -0.434 e. The van der Waals surface area contributed by atoms with Crippen molar-refractivity contribution < 1.29 is 27.9 Å². The number of primary amides is 1. The molecule has 1 saturated heterocycles. The van der Waals surface area contributed by atoms with E-state index in [4.69, 9.17) is 5.73 Å². The second-order valence-electron chi connectivity index (χ2n) is 6.90. The zero-order chi connectivity index (χ0) is 21.7. The summed E-state index contributed by atoms with van der Waals surface area (Å²) in [4.78, 5) is 38.1. The molecule has 7 nitrogen and oxygen atoms in total. The van der Waals surface area contributed by atoms with E-state index in [-0.39, 0.29) is 23.8 Å². The maximum Gasteiger partial charge on any atom is 0.387 e. The number of halogens is 2. The molecule has 158 valence electrons. The lowest BCUT2D eigenvalue weighted by atomic mass is 9.96. The van der Waals surface area contributed by atoms with Crippen LogP contribution >= 0.6 is 0 Å². The van der Waals surface area contributed by atoms with Crippen molar-refractivity contribution in [2.45, 2.75) is 19.5 Å². The fraction of sp³-hybridized carbons (Fsp3) is 0.286. The summed E-state index contributed by atoms with van der Waals surface area (Å²) in [6, 6.07) is 12.0. The van der Waals surface area contributed by atoms with E-state index in [1.54, 1.807) is 18.2 Å². The lowest BCUT2D eigenvalue weighted by Crippen LogP contribution is -2.43. The van der Waals surface area contributed by atoms with E-state index in [2.05, 4.69) is 10.1 Å². The van der Waals surface area contributed by atoms with Crippen molar-refractivity contribution in [1.82, 2.24) is 4.90 Å². The average molecular weight is 417 g/mol. The van der Waals surface area contributed by atoms with E-state index in [0.717, 1.165) is 0 Å². The van der Waals surface area contributed by atoms with Crippen molar-refractivity contribution >= 4 is 23.4 Å². The molecule has 3 rings (SSSR count). The summed E-state index contributed by atoms with van der Waals surface area (Å²) in [5, 5.41) is 2.76. The van der Waals surface area contributed by atoms with Crippen LogP contribution in [0.25, 0.3) is 0 Å². The number of carbonyl (C=O) groups is 3. The predicted octanol–water partition coefficient (Wildman–Crippen LogP) is 2.88. The normalized spacial score (nSPS) is 16.2. The highest BCUT2D eigenvalue weighted by Gasteiger charge is 2.30. The number of ether oxygens (including phenoxy) is 1. The van der Waals surface area contributed by atoms with Crippen LogP contribution in [0.3, 0.4) is 0 Å². The highest BCUT2D eigenvalue weighted by Crippen LogP contribution is 2.25. The fourth-order valence-electron chi connectivity index (χ4n) is 3.35. The summed E-state index contributed by atoms with van der Waals surface area (Å²) in [5.74, 6) is -1.95. The Labute approximate surface area is 171 Å². The number of alkyl halides is 2. The Morgan fingerprint density at radius 1 is 1.10 bits per heavy atom. The maximum atomic E-state index is 12.9. The Bertz CT molecular complexity index is 934. The number of hydrogen-bond donors (Lipinski definition) is 2. The SMILES string of the molecule is NC(=O)c1ccc(NC(=O)C2CCCN(C(=O)c3ccccc3OC(F)F)C2)cc1. The summed E-state index contributed by atoms with van der Waals surface area (Å²) < 4.78 is 29.7. The lowest BCUT2D eigenvalue weighted by Gasteiger charge is -2.32. The molecule has 30 heavy (non-hydrogen) atoms. The highest BCUT2D eigenvalue weighted by atomic mass is 19.3. The van der Waals surface area contributed by atoms with Crippen LogP contribution in [-0.2, 0) is 4.79 Å². The largest absolute Gasteiger partial charge is 0.434 e. The van der Waals surface area contributed by atoms with E-state index in [0.29, 0.717) is 30.6 Å². The minimum absolute atomic E-state index is 0.0286. The van der Waals surface area contributed by atoms with Crippen molar-refractivity contribution in [2.75, 3.05) is 18.4 Å². The van der Waals surface area contributed by atoms with Crippen LogP contribution in [0.2, 0.25) is 0 Å². The molecule has 0 bridgehead atoms. The Hall–Kier alpha value is -3.49. The number of hydrogen-bond acceptors (Lipinski definition) is 4.